The molecule has 0 aliphatic carbocycles. The summed E-state index contributed by atoms with van der Waals surface area (Å²) in [6.45, 7) is 3.31. The zero-order chi connectivity index (χ0) is 18.4. The fourth-order valence-corrected chi connectivity index (χ4v) is 2.37. The molecule has 0 bridgehead atoms. The Kier molecular flexibility index (Phi) is 6.28. The highest BCUT2D eigenvalue weighted by atomic mass is 19.1. The topological polar surface area (TPSA) is 52.6 Å². The van der Waals surface area contributed by atoms with Crippen LogP contribution in [0.1, 0.15) is 42.3 Å². The lowest BCUT2D eigenvalue weighted by atomic mass is 9.99. The van der Waals surface area contributed by atoms with Gasteiger partial charge in [0.25, 0.3) is 0 Å². The molecule has 4 nitrogen and oxygen atoms in total. The number of carbonyl (C=O) groups is 2. The van der Waals surface area contributed by atoms with E-state index in [1.807, 2.05) is 0 Å². The van der Waals surface area contributed by atoms with E-state index in [1.54, 1.807) is 57.4 Å². The Bertz CT molecular complexity index is 740. The van der Waals surface area contributed by atoms with Crippen molar-refractivity contribution in [3.63, 3.8) is 0 Å². The van der Waals surface area contributed by atoms with E-state index in [9.17, 15) is 14.0 Å². The highest BCUT2D eigenvalue weighted by Crippen LogP contribution is 2.21. The summed E-state index contributed by atoms with van der Waals surface area (Å²) in [6, 6.07) is 12.6. The van der Waals surface area contributed by atoms with Crippen LogP contribution in [0.3, 0.4) is 0 Å². The summed E-state index contributed by atoms with van der Waals surface area (Å²) in [7, 11) is 1.55. The molecule has 2 atom stereocenters. The Hall–Kier alpha value is -2.69. The van der Waals surface area contributed by atoms with Gasteiger partial charge < -0.3 is 9.47 Å². The molecule has 0 radical (unpaired) electrons. The summed E-state index contributed by atoms with van der Waals surface area (Å²) in [6.07, 6.45) is -0.539. The first-order chi connectivity index (χ1) is 11.9. The third-order valence-corrected chi connectivity index (χ3v) is 3.92. The van der Waals surface area contributed by atoms with Gasteiger partial charge in [-0.05, 0) is 48.9 Å². The van der Waals surface area contributed by atoms with Crippen LogP contribution >= 0.6 is 0 Å². The maximum atomic E-state index is 13.2. The van der Waals surface area contributed by atoms with E-state index in [4.69, 9.17) is 9.47 Å². The van der Waals surface area contributed by atoms with E-state index in [1.165, 1.54) is 12.1 Å². The number of halogens is 1. The molecule has 0 saturated heterocycles. The van der Waals surface area contributed by atoms with Crippen molar-refractivity contribution in [2.24, 2.45) is 5.92 Å². The highest BCUT2D eigenvalue weighted by Gasteiger charge is 2.22. The quantitative estimate of drug-likeness (QED) is 0.553. The van der Waals surface area contributed by atoms with Gasteiger partial charge in [-0.1, -0.05) is 19.1 Å². The summed E-state index contributed by atoms with van der Waals surface area (Å²) in [5.74, 6) is -0.953. The van der Waals surface area contributed by atoms with Crippen molar-refractivity contribution in [2.45, 2.75) is 26.4 Å². The summed E-state index contributed by atoms with van der Waals surface area (Å²) >= 11 is 0. The largest absolute Gasteiger partial charge is 0.497 e. The molecule has 0 fully saturated rings. The van der Waals surface area contributed by atoms with E-state index in [0.29, 0.717) is 16.9 Å². The predicted octanol–water partition coefficient (Wildman–Crippen LogP) is 4.35. The summed E-state index contributed by atoms with van der Waals surface area (Å²) in [5, 5.41) is 0. The number of benzene rings is 2. The lowest BCUT2D eigenvalue weighted by Gasteiger charge is -2.17. The van der Waals surface area contributed by atoms with Crippen LogP contribution in [0.4, 0.5) is 4.39 Å². The van der Waals surface area contributed by atoms with Gasteiger partial charge in [-0.2, -0.15) is 0 Å². The second-order valence-electron chi connectivity index (χ2n) is 5.89. The van der Waals surface area contributed by atoms with Crippen LogP contribution in [-0.2, 0) is 9.53 Å². The Morgan fingerprint density at radius 1 is 1.08 bits per heavy atom. The van der Waals surface area contributed by atoms with E-state index >= 15 is 0 Å². The van der Waals surface area contributed by atoms with Crippen LogP contribution in [-0.4, -0.2) is 18.9 Å². The minimum Gasteiger partial charge on any atom is -0.497 e. The Labute approximate surface area is 146 Å². The Morgan fingerprint density at radius 2 is 1.76 bits per heavy atom. The third kappa shape index (κ3) is 5.14. The van der Waals surface area contributed by atoms with Gasteiger partial charge in [0.05, 0.1) is 13.0 Å². The first kappa shape index (κ1) is 18.6. The van der Waals surface area contributed by atoms with Crippen molar-refractivity contribution in [1.82, 2.24) is 0 Å². The number of ketones is 1. The average molecular weight is 344 g/mol. The number of carbonyl (C=O) groups excluding carboxylic acids is 2. The summed E-state index contributed by atoms with van der Waals surface area (Å²) in [5.41, 5.74) is 1.08. The van der Waals surface area contributed by atoms with Gasteiger partial charge in [0.15, 0.2) is 5.78 Å². The third-order valence-electron chi connectivity index (χ3n) is 3.92. The van der Waals surface area contributed by atoms with Gasteiger partial charge in [0.1, 0.15) is 17.7 Å². The van der Waals surface area contributed by atoms with Gasteiger partial charge in [-0.25, -0.2) is 4.39 Å². The van der Waals surface area contributed by atoms with Gasteiger partial charge in [-0.3, -0.25) is 9.59 Å². The molecular formula is C20H21FO4. The van der Waals surface area contributed by atoms with Gasteiger partial charge in [0.2, 0.25) is 0 Å². The average Bonchev–Trinajstić information content (AvgIpc) is 2.61. The minimum atomic E-state index is -0.592. The van der Waals surface area contributed by atoms with Crippen LogP contribution in [0.5, 0.6) is 5.75 Å². The standard InChI is InChI=1S/C20H21FO4/c1-13(11-19(22)15-7-9-18(24-3)10-8-15)20(23)25-14(2)16-5-4-6-17(21)12-16/h4-10,12-14H,11H2,1-3H3/t13-,14-/m1/s1. The number of methoxy groups -OCH3 is 1. The number of ether oxygens (including phenoxy) is 2. The van der Waals surface area contributed by atoms with Crippen LogP contribution in [0.15, 0.2) is 48.5 Å². The maximum Gasteiger partial charge on any atom is 0.309 e. The van der Waals surface area contributed by atoms with Crippen molar-refractivity contribution in [1.29, 1.82) is 0 Å². The molecule has 0 saturated carbocycles. The van der Waals surface area contributed by atoms with E-state index in [2.05, 4.69) is 0 Å². The molecule has 0 amide bonds. The van der Waals surface area contributed by atoms with Crippen molar-refractivity contribution >= 4 is 11.8 Å². The van der Waals surface area contributed by atoms with Gasteiger partial charge in [0, 0.05) is 12.0 Å². The Balaban J connectivity index is 1.93. The first-order valence-electron chi connectivity index (χ1n) is 8.04. The normalized spacial score (nSPS) is 13.0. The van der Waals surface area contributed by atoms with Gasteiger partial charge >= 0.3 is 5.97 Å². The SMILES string of the molecule is COc1ccc(C(=O)C[C@@H](C)C(=O)O[C@H](C)c2cccc(F)c2)cc1. The predicted molar refractivity (Wildman–Crippen MR) is 92.0 cm³/mol. The fourth-order valence-electron chi connectivity index (χ4n) is 2.37. The molecule has 0 heterocycles. The lowest BCUT2D eigenvalue weighted by Crippen LogP contribution is -2.20. The van der Waals surface area contributed by atoms with Gasteiger partial charge in [-0.15, -0.1) is 0 Å². The van der Waals surface area contributed by atoms with E-state index in [-0.39, 0.29) is 18.0 Å². The van der Waals surface area contributed by atoms with E-state index < -0.39 is 18.0 Å². The molecule has 0 aliphatic heterocycles. The molecule has 0 spiro atoms. The number of Topliss-reactive ketones (excluding diaryl/α,β-unsaturated/α-hetero) is 1. The van der Waals surface area contributed by atoms with Crippen LogP contribution in [0, 0.1) is 11.7 Å². The second-order valence-corrected chi connectivity index (χ2v) is 5.89. The maximum absolute atomic E-state index is 13.2. The van der Waals surface area contributed by atoms with Crippen molar-refractivity contribution < 1.29 is 23.5 Å². The number of esters is 1. The Morgan fingerprint density at radius 3 is 2.36 bits per heavy atom. The van der Waals surface area contributed by atoms with Crippen LogP contribution < -0.4 is 4.74 Å². The first-order valence-corrected chi connectivity index (χ1v) is 8.04. The molecule has 2 aromatic rings. The van der Waals surface area contributed by atoms with E-state index in [0.717, 1.165) is 0 Å². The zero-order valence-corrected chi connectivity index (χ0v) is 14.5. The zero-order valence-electron chi connectivity index (χ0n) is 14.5. The summed E-state index contributed by atoms with van der Waals surface area (Å²) in [4.78, 5) is 24.5. The second kappa shape index (κ2) is 8.42. The number of hydrogen-bond donors (Lipinski definition) is 0. The van der Waals surface area contributed by atoms with Crippen LogP contribution in [0.2, 0.25) is 0 Å². The van der Waals surface area contributed by atoms with Crippen molar-refractivity contribution in [3.8, 4) is 5.75 Å². The molecule has 25 heavy (non-hydrogen) atoms. The molecule has 132 valence electrons. The fraction of sp³-hybridized carbons (Fsp3) is 0.300. The molecule has 2 rings (SSSR count). The van der Waals surface area contributed by atoms with Crippen molar-refractivity contribution in [3.05, 3.63) is 65.5 Å². The molecule has 5 heteroatoms. The number of hydrogen-bond acceptors (Lipinski definition) is 4. The summed E-state index contributed by atoms with van der Waals surface area (Å²) < 4.78 is 23.6. The number of rotatable bonds is 7. The molecule has 2 aromatic carbocycles. The molecule has 0 aliphatic rings. The lowest BCUT2D eigenvalue weighted by molar-refractivity contribution is -0.152. The minimum absolute atomic E-state index is 0.0427. The van der Waals surface area contributed by atoms with Crippen molar-refractivity contribution in [2.75, 3.05) is 7.11 Å². The smallest absolute Gasteiger partial charge is 0.309 e. The highest BCUT2D eigenvalue weighted by molar-refractivity contribution is 5.98. The van der Waals surface area contributed by atoms with Crippen LogP contribution in [0.25, 0.3) is 0 Å². The molecular weight excluding hydrogens is 323 g/mol. The monoisotopic (exact) mass is 344 g/mol. The molecule has 0 unspecified atom stereocenters. The molecule has 0 N–H and O–H groups in total. The molecule has 0 aromatic heterocycles.